The number of fused-ring (bicyclic) bond motifs is 4. The van der Waals surface area contributed by atoms with Crippen LogP contribution in [0.1, 0.15) is 19.3 Å². The number of ether oxygens (including phenoxy) is 2. The van der Waals surface area contributed by atoms with Crippen molar-refractivity contribution in [2.45, 2.75) is 19.3 Å². The normalized spacial score (nSPS) is 15.0. The molecule has 2 aliphatic heterocycles. The van der Waals surface area contributed by atoms with Gasteiger partial charge in [-0.25, -0.2) is 0 Å². The van der Waals surface area contributed by atoms with Gasteiger partial charge in [0, 0.05) is 30.4 Å². The molecule has 0 saturated carbocycles. The molecule has 2 N–H and O–H groups in total. The summed E-state index contributed by atoms with van der Waals surface area (Å²) in [5, 5.41) is 16.7. The van der Waals surface area contributed by atoms with Crippen molar-refractivity contribution in [3.8, 4) is 33.8 Å². The summed E-state index contributed by atoms with van der Waals surface area (Å²) in [6.07, 6.45) is 7.24. The Kier molecular flexibility index (Phi) is 6.78. The lowest BCUT2D eigenvalue weighted by Gasteiger charge is -2.33. The first-order chi connectivity index (χ1) is 21.3. The van der Waals surface area contributed by atoms with E-state index in [0.29, 0.717) is 0 Å². The highest BCUT2D eigenvalue weighted by molar-refractivity contribution is 5.88. The summed E-state index contributed by atoms with van der Waals surface area (Å²) in [5.41, 5.74) is 8.82. The van der Waals surface area contributed by atoms with Gasteiger partial charge in [-0.05, 0) is 90.2 Å². The zero-order chi connectivity index (χ0) is 28.6. The van der Waals surface area contributed by atoms with Crippen molar-refractivity contribution in [2.24, 2.45) is 0 Å². The number of hydrogen-bond acceptors (Lipinski definition) is 6. The molecular weight excluding hydrogens is 536 g/mol. The van der Waals surface area contributed by atoms with Crippen molar-refractivity contribution >= 4 is 33.2 Å². The van der Waals surface area contributed by atoms with Crippen molar-refractivity contribution in [3.05, 3.63) is 85.2 Å². The molecule has 4 aromatic carbocycles. The van der Waals surface area contributed by atoms with E-state index in [2.05, 4.69) is 103 Å². The molecule has 1 fully saturated rings. The maximum Gasteiger partial charge on any atom is 0.151 e. The highest BCUT2D eigenvalue weighted by atomic mass is 16.5. The lowest BCUT2D eigenvalue weighted by Crippen LogP contribution is -2.36. The molecule has 1 saturated heterocycles. The quantitative estimate of drug-likeness (QED) is 0.184. The fraction of sp³-hybridized carbons (Fsp3) is 0.257. The summed E-state index contributed by atoms with van der Waals surface area (Å²) < 4.78 is 12.2. The van der Waals surface area contributed by atoms with Gasteiger partial charge in [-0.2, -0.15) is 10.2 Å². The second-order valence-corrected chi connectivity index (χ2v) is 11.5. The first kappa shape index (κ1) is 26.0. The fourth-order valence-electron chi connectivity index (χ4n) is 6.34. The summed E-state index contributed by atoms with van der Waals surface area (Å²) in [6, 6.07) is 26.0. The number of H-pyrrole nitrogens is 2. The molecule has 8 heteroatoms. The van der Waals surface area contributed by atoms with E-state index in [1.165, 1.54) is 12.8 Å². The minimum atomic E-state index is 0.858. The van der Waals surface area contributed by atoms with Crippen LogP contribution < -0.4 is 9.64 Å². The van der Waals surface area contributed by atoms with Gasteiger partial charge in [0.2, 0.25) is 0 Å². The zero-order valence-corrected chi connectivity index (χ0v) is 24.1. The van der Waals surface area contributed by atoms with Gasteiger partial charge in [-0.15, -0.1) is 0 Å². The predicted octanol–water partition coefficient (Wildman–Crippen LogP) is 7.52. The molecule has 8 nitrogen and oxygen atoms in total. The van der Waals surface area contributed by atoms with Gasteiger partial charge in [0.15, 0.2) is 11.5 Å². The number of aromatic amines is 2. The van der Waals surface area contributed by atoms with Crippen LogP contribution in [0.4, 0.5) is 11.4 Å². The van der Waals surface area contributed by atoms with Crippen molar-refractivity contribution in [3.63, 3.8) is 0 Å². The molecule has 0 amide bonds. The molecule has 0 unspecified atom stereocenters. The molecule has 4 heterocycles. The largest absolute Gasteiger partial charge is 0.453 e. The van der Waals surface area contributed by atoms with Gasteiger partial charge >= 0.3 is 0 Å². The number of nitrogens with one attached hydrogen (secondary N) is 2. The van der Waals surface area contributed by atoms with Crippen LogP contribution in [0.3, 0.4) is 0 Å². The van der Waals surface area contributed by atoms with Crippen LogP contribution in [0.25, 0.3) is 44.1 Å². The molecule has 0 aliphatic carbocycles. The van der Waals surface area contributed by atoms with Crippen molar-refractivity contribution in [1.29, 1.82) is 0 Å². The zero-order valence-electron chi connectivity index (χ0n) is 24.1. The molecule has 8 rings (SSSR count). The first-order valence-corrected chi connectivity index (χ1v) is 15.2. The van der Waals surface area contributed by atoms with E-state index in [-0.39, 0.29) is 0 Å². The predicted molar refractivity (Wildman–Crippen MR) is 171 cm³/mol. The standard InChI is InChI=1S/C35H34N6O2/c1(2-12-40-14-16-42-17-15-40)3-13-41-32-10-6-26(24-4-8-30-28(18-24)22-36-38-30)20-34(32)43-35-21-27(7-11-33(35)41)25-5-9-31-29(19-25)23-37-39-31/h4-11,18-23H,1-3,12-17H2,(H,36,38)(H,37,39). The highest BCUT2D eigenvalue weighted by Gasteiger charge is 2.25. The number of rotatable bonds is 8. The third kappa shape index (κ3) is 5.13. The maximum atomic E-state index is 6.69. The third-order valence-corrected chi connectivity index (χ3v) is 8.73. The van der Waals surface area contributed by atoms with Crippen molar-refractivity contribution < 1.29 is 9.47 Å². The topological polar surface area (TPSA) is 82.3 Å². The van der Waals surface area contributed by atoms with Gasteiger partial charge in [0.1, 0.15) is 0 Å². The molecule has 0 bridgehead atoms. The minimum absolute atomic E-state index is 0.858. The number of nitrogens with zero attached hydrogens (tertiary/aromatic N) is 4. The van der Waals surface area contributed by atoms with Crippen molar-refractivity contribution in [2.75, 3.05) is 44.3 Å². The number of hydrogen-bond donors (Lipinski definition) is 2. The molecule has 43 heavy (non-hydrogen) atoms. The maximum absolute atomic E-state index is 6.69. The summed E-state index contributed by atoms with van der Waals surface area (Å²) in [7, 11) is 0. The van der Waals surface area contributed by atoms with E-state index in [0.717, 1.165) is 113 Å². The van der Waals surface area contributed by atoms with Crippen LogP contribution in [0.2, 0.25) is 0 Å². The van der Waals surface area contributed by atoms with Gasteiger partial charge in [-0.1, -0.05) is 30.7 Å². The second-order valence-electron chi connectivity index (χ2n) is 11.5. The number of aromatic nitrogens is 4. The molecule has 2 aromatic heterocycles. The number of benzene rings is 4. The van der Waals surface area contributed by atoms with Crippen LogP contribution in [-0.4, -0.2) is 64.7 Å². The summed E-state index contributed by atoms with van der Waals surface area (Å²) in [4.78, 5) is 4.96. The Hall–Kier alpha value is -4.66. The van der Waals surface area contributed by atoms with E-state index in [4.69, 9.17) is 9.47 Å². The Morgan fingerprint density at radius 3 is 1.74 bits per heavy atom. The Morgan fingerprint density at radius 2 is 1.14 bits per heavy atom. The summed E-state index contributed by atoms with van der Waals surface area (Å²) >= 11 is 0. The summed E-state index contributed by atoms with van der Waals surface area (Å²) in [6.45, 7) is 5.90. The Bertz CT molecular complexity index is 1780. The van der Waals surface area contributed by atoms with Gasteiger partial charge < -0.3 is 14.4 Å². The number of anilines is 2. The van der Waals surface area contributed by atoms with Crippen LogP contribution in [0.5, 0.6) is 11.5 Å². The third-order valence-electron chi connectivity index (χ3n) is 8.73. The molecule has 0 spiro atoms. The van der Waals surface area contributed by atoms with E-state index >= 15 is 0 Å². The molecule has 216 valence electrons. The smallest absolute Gasteiger partial charge is 0.151 e. The van der Waals surface area contributed by atoms with E-state index in [9.17, 15) is 0 Å². The molecule has 2 aliphatic rings. The van der Waals surface area contributed by atoms with E-state index < -0.39 is 0 Å². The second kappa shape index (κ2) is 11.2. The molecule has 0 atom stereocenters. The first-order valence-electron chi connectivity index (χ1n) is 15.2. The molecular formula is C35H34N6O2. The van der Waals surface area contributed by atoms with E-state index in [1.54, 1.807) is 0 Å². The average Bonchev–Trinajstić information content (AvgIpc) is 3.73. The van der Waals surface area contributed by atoms with Crippen LogP contribution >= 0.6 is 0 Å². The lowest BCUT2D eigenvalue weighted by atomic mass is 10.00. The SMILES string of the molecule is c1cc2c(cc1-c1ccc3[nH]ncc3c1)Oc1cc(-c3ccc4[nH]ncc4c3)ccc1N2CCCCCN1CCOCC1. The molecule has 0 radical (unpaired) electrons. The van der Waals surface area contributed by atoms with Gasteiger partial charge in [0.25, 0.3) is 0 Å². The van der Waals surface area contributed by atoms with Crippen LogP contribution in [0.15, 0.2) is 85.2 Å². The average molecular weight is 571 g/mol. The molecule has 6 aromatic rings. The van der Waals surface area contributed by atoms with Gasteiger partial charge in [-0.3, -0.25) is 15.1 Å². The number of unbranched alkanes of at least 4 members (excludes halogenated alkanes) is 2. The van der Waals surface area contributed by atoms with E-state index in [1.807, 2.05) is 12.4 Å². The lowest BCUT2D eigenvalue weighted by molar-refractivity contribution is 0.0371. The highest BCUT2D eigenvalue weighted by Crippen LogP contribution is 2.49. The Morgan fingerprint density at radius 1 is 0.605 bits per heavy atom. The van der Waals surface area contributed by atoms with Gasteiger partial charge in [0.05, 0.1) is 48.0 Å². The Labute approximate surface area is 250 Å². The number of morpholine rings is 1. The van der Waals surface area contributed by atoms with Crippen molar-refractivity contribution in [1.82, 2.24) is 25.3 Å². The minimum Gasteiger partial charge on any atom is -0.453 e. The van der Waals surface area contributed by atoms with Crippen LogP contribution in [-0.2, 0) is 4.74 Å². The van der Waals surface area contributed by atoms with Crippen LogP contribution in [0, 0.1) is 0 Å². The fourth-order valence-corrected chi connectivity index (χ4v) is 6.34. The summed E-state index contributed by atoms with van der Waals surface area (Å²) in [5.74, 6) is 1.76. The Balaban J connectivity index is 1.09. The monoisotopic (exact) mass is 570 g/mol.